The van der Waals surface area contributed by atoms with Crippen molar-refractivity contribution in [3.63, 3.8) is 0 Å². The smallest absolute Gasteiger partial charge is 0.164 e. The number of rotatable bonds is 6. The average Bonchev–Trinajstić information content (AvgIpc) is 3.62. The van der Waals surface area contributed by atoms with Crippen molar-refractivity contribution in [1.82, 2.24) is 19.5 Å². The number of fused-ring (bicyclic) bond motifs is 5. The minimum atomic E-state index is 0.617. The van der Waals surface area contributed by atoms with Crippen LogP contribution in [-0.2, 0) is 0 Å². The fourth-order valence-electron chi connectivity index (χ4n) is 8.46. The molecule has 0 saturated heterocycles. The Balaban J connectivity index is 1.16. The van der Waals surface area contributed by atoms with Gasteiger partial charge in [-0.05, 0) is 68.1 Å². The van der Waals surface area contributed by atoms with Crippen LogP contribution in [0.4, 0.5) is 0 Å². The van der Waals surface area contributed by atoms with Crippen LogP contribution in [0, 0.1) is 0 Å². The Morgan fingerprint density at radius 3 is 1.60 bits per heavy atom. The van der Waals surface area contributed by atoms with Crippen molar-refractivity contribution in [3.8, 4) is 62.1 Å². The molecule has 9 aromatic carbocycles. The number of hydrogen-bond donors (Lipinski definition) is 0. The quantitative estimate of drug-likeness (QED) is 0.171. The first-order valence-electron chi connectivity index (χ1n) is 19.3. The second-order valence-electron chi connectivity index (χ2n) is 14.4. The highest BCUT2D eigenvalue weighted by Crippen LogP contribution is 2.40. The fraction of sp³-hybridized carbons (Fsp3) is 0. The van der Waals surface area contributed by atoms with Gasteiger partial charge in [-0.1, -0.05) is 182 Å². The van der Waals surface area contributed by atoms with E-state index in [-0.39, 0.29) is 0 Å². The Bertz CT molecular complexity index is 3290. The number of benzene rings is 9. The van der Waals surface area contributed by atoms with Gasteiger partial charge in [0.2, 0.25) is 0 Å². The third kappa shape index (κ3) is 5.58. The summed E-state index contributed by atoms with van der Waals surface area (Å²) in [5.41, 5.74) is 10.7. The van der Waals surface area contributed by atoms with Crippen LogP contribution in [-0.4, -0.2) is 19.5 Å². The van der Waals surface area contributed by atoms with Gasteiger partial charge in [0.05, 0.1) is 11.0 Å². The molecule has 4 heteroatoms. The number of aromatic nitrogens is 4. The lowest BCUT2D eigenvalue weighted by atomic mass is 9.92. The molecule has 57 heavy (non-hydrogen) atoms. The van der Waals surface area contributed by atoms with Gasteiger partial charge in [-0.25, -0.2) is 15.0 Å². The Morgan fingerprint density at radius 2 is 0.789 bits per heavy atom. The Morgan fingerprint density at radius 1 is 0.281 bits per heavy atom. The van der Waals surface area contributed by atoms with E-state index in [1.807, 2.05) is 6.07 Å². The van der Waals surface area contributed by atoms with Crippen molar-refractivity contribution in [3.05, 3.63) is 206 Å². The monoisotopic (exact) mass is 726 g/mol. The van der Waals surface area contributed by atoms with Gasteiger partial charge >= 0.3 is 0 Å². The minimum Gasteiger partial charge on any atom is -0.309 e. The highest BCUT2D eigenvalue weighted by Gasteiger charge is 2.20. The Kier molecular flexibility index (Phi) is 7.78. The van der Waals surface area contributed by atoms with Crippen molar-refractivity contribution in [1.29, 1.82) is 0 Å². The van der Waals surface area contributed by atoms with E-state index in [0.29, 0.717) is 17.5 Å². The van der Waals surface area contributed by atoms with Gasteiger partial charge in [0.25, 0.3) is 0 Å². The maximum Gasteiger partial charge on any atom is 0.164 e. The van der Waals surface area contributed by atoms with E-state index in [1.54, 1.807) is 0 Å². The highest BCUT2D eigenvalue weighted by molar-refractivity contribution is 6.11. The predicted molar refractivity (Wildman–Crippen MR) is 236 cm³/mol. The zero-order valence-corrected chi connectivity index (χ0v) is 30.9. The molecule has 0 aliphatic rings. The third-order valence-corrected chi connectivity index (χ3v) is 11.1. The van der Waals surface area contributed by atoms with E-state index in [2.05, 4.69) is 205 Å². The summed E-state index contributed by atoms with van der Waals surface area (Å²) in [5.74, 6) is 1.87. The molecule has 0 atom stereocenters. The molecule has 0 N–H and O–H groups in total. The topological polar surface area (TPSA) is 43.6 Å². The minimum absolute atomic E-state index is 0.617. The standard InChI is InChI=1S/C53H34N4/c1-3-16-35(17-4-1)40-23-9-10-25-47(40)52-54-51(37-32-33-46-45-24-11-12-31-49(45)57(50(46)34-37)38-20-5-2-6-21-38)55-53(56-52)48-30-15-28-43-42(27-14-29-44(43)48)41-26-13-19-36-18-7-8-22-39(36)41/h1-34H. The SMILES string of the molecule is c1ccc(-c2ccccc2-c2nc(-c3ccc4c5ccccc5n(-c5ccccc5)c4c3)nc(-c3cccc4c(-c5cccc6ccccc56)cccc34)n2)cc1. The first-order valence-corrected chi connectivity index (χ1v) is 19.3. The molecule has 4 nitrogen and oxygen atoms in total. The van der Waals surface area contributed by atoms with Crippen LogP contribution in [0.3, 0.4) is 0 Å². The summed E-state index contributed by atoms with van der Waals surface area (Å²) in [6, 6.07) is 72.7. The maximum atomic E-state index is 5.34. The molecule has 0 aliphatic carbocycles. The molecule has 0 unspecified atom stereocenters. The lowest BCUT2D eigenvalue weighted by Gasteiger charge is -2.15. The second kappa shape index (κ2) is 13.6. The number of para-hydroxylation sites is 2. The fourth-order valence-corrected chi connectivity index (χ4v) is 8.46. The summed E-state index contributed by atoms with van der Waals surface area (Å²) in [4.78, 5) is 16.0. The van der Waals surface area contributed by atoms with Crippen molar-refractivity contribution in [2.24, 2.45) is 0 Å². The summed E-state index contributed by atoms with van der Waals surface area (Å²) in [7, 11) is 0. The molecule has 0 aliphatic heterocycles. The van der Waals surface area contributed by atoms with Crippen LogP contribution in [0.1, 0.15) is 0 Å². The van der Waals surface area contributed by atoms with Gasteiger partial charge in [0.1, 0.15) is 0 Å². The number of hydrogen-bond acceptors (Lipinski definition) is 3. The van der Waals surface area contributed by atoms with E-state index in [1.165, 1.54) is 32.7 Å². The molecule has 2 aromatic heterocycles. The van der Waals surface area contributed by atoms with Crippen molar-refractivity contribution in [2.75, 3.05) is 0 Å². The zero-order valence-electron chi connectivity index (χ0n) is 30.9. The number of nitrogens with zero attached hydrogens (tertiary/aromatic N) is 4. The van der Waals surface area contributed by atoms with Gasteiger partial charge in [0.15, 0.2) is 17.5 Å². The van der Waals surface area contributed by atoms with Crippen LogP contribution < -0.4 is 0 Å². The molecular formula is C53H34N4. The van der Waals surface area contributed by atoms with Gasteiger partial charge in [0, 0.05) is 33.2 Å². The summed E-state index contributed by atoms with van der Waals surface area (Å²) in [6.45, 7) is 0. The molecule has 0 spiro atoms. The maximum absolute atomic E-state index is 5.34. The Hall–Kier alpha value is -7.69. The van der Waals surface area contributed by atoms with Gasteiger partial charge in [-0.3, -0.25) is 0 Å². The molecule has 2 heterocycles. The summed E-state index contributed by atoms with van der Waals surface area (Å²) >= 11 is 0. The van der Waals surface area contributed by atoms with E-state index in [9.17, 15) is 0 Å². The van der Waals surface area contributed by atoms with Crippen LogP contribution in [0.15, 0.2) is 206 Å². The van der Waals surface area contributed by atoms with Crippen LogP contribution in [0.25, 0.3) is 105 Å². The van der Waals surface area contributed by atoms with E-state index in [4.69, 9.17) is 15.0 Å². The molecule has 0 radical (unpaired) electrons. The normalized spacial score (nSPS) is 11.5. The Labute approximate surface area is 330 Å². The van der Waals surface area contributed by atoms with E-state index in [0.717, 1.165) is 55.3 Å². The molecule has 0 saturated carbocycles. The van der Waals surface area contributed by atoms with Crippen molar-refractivity contribution < 1.29 is 0 Å². The van der Waals surface area contributed by atoms with Crippen LogP contribution in [0.2, 0.25) is 0 Å². The summed E-state index contributed by atoms with van der Waals surface area (Å²) < 4.78 is 2.33. The molecule has 0 bridgehead atoms. The van der Waals surface area contributed by atoms with E-state index >= 15 is 0 Å². The molecule has 11 aromatic rings. The lowest BCUT2D eigenvalue weighted by molar-refractivity contribution is 1.08. The summed E-state index contributed by atoms with van der Waals surface area (Å²) in [5, 5.41) is 7.06. The third-order valence-electron chi connectivity index (χ3n) is 11.1. The van der Waals surface area contributed by atoms with Gasteiger partial charge < -0.3 is 4.57 Å². The predicted octanol–water partition coefficient (Wildman–Crippen LogP) is 13.6. The van der Waals surface area contributed by atoms with Gasteiger partial charge in [-0.15, -0.1) is 0 Å². The van der Waals surface area contributed by atoms with Crippen molar-refractivity contribution in [2.45, 2.75) is 0 Å². The van der Waals surface area contributed by atoms with Crippen LogP contribution in [0.5, 0.6) is 0 Å². The lowest BCUT2D eigenvalue weighted by Crippen LogP contribution is -2.02. The molecule has 0 fully saturated rings. The zero-order chi connectivity index (χ0) is 37.7. The molecular weight excluding hydrogens is 693 g/mol. The second-order valence-corrected chi connectivity index (χ2v) is 14.4. The van der Waals surface area contributed by atoms with Crippen LogP contribution >= 0.6 is 0 Å². The average molecular weight is 727 g/mol. The van der Waals surface area contributed by atoms with Gasteiger partial charge in [-0.2, -0.15) is 0 Å². The highest BCUT2D eigenvalue weighted by atomic mass is 15.0. The largest absolute Gasteiger partial charge is 0.309 e. The van der Waals surface area contributed by atoms with Crippen molar-refractivity contribution >= 4 is 43.4 Å². The first kappa shape index (κ1) is 32.7. The van der Waals surface area contributed by atoms with E-state index < -0.39 is 0 Å². The first-order chi connectivity index (χ1) is 28.3. The summed E-state index contributed by atoms with van der Waals surface area (Å²) in [6.07, 6.45) is 0. The molecule has 0 amide bonds. The molecule has 266 valence electrons. The molecule has 11 rings (SSSR count).